The summed E-state index contributed by atoms with van der Waals surface area (Å²) in [5.74, 6) is 0.333. The van der Waals surface area contributed by atoms with Gasteiger partial charge in [-0.05, 0) is 67.3 Å². The maximum absolute atomic E-state index is 13.4. The molecule has 1 N–H and O–H groups in total. The van der Waals surface area contributed by atoms with Gasteiger partial charge in [-0.25, -0.2) is 17.8 Å². The van der Waals surface area contributed by atoms with Gasteiger partial charge in [-0.15, -0.1) is 0 Å². The van der Waals surface area contributed by atoms with Crippen molar-refractivity contribution in [3.05, 3.63) is 77.7 Å². The lowest BCUT2D eigenvalue weighted by molar-refractivity contribution is 0.598. The van der Waals surface area contributed by atoms with E-state index >= 15 is 0 Å². The predicted octanol–water partition coefficient (Wildman–Crippen LogP) is 4.41. The van der Waals surface area contributed by atoms with Crippen molar-refractivity contribution in [3.8, 4) is 0 Å². The van der Waals surface area contributed by atoms with E-state index in [4.69, 9.17) is 0 Å². The second kappa shape index (κ2) is 7.24. The lowest BCUT2D eigenvalue weighted by Crippen LogP contribution is -2.25. The van der Waals surface area contributed by atoms with E-state index in [9.17, 15) is 12.8 Å². The lowest BCUT2D eigenvalue weighted by atomic mass is 10.0. The van der Waals surface area contributed by atoms with Crippen LogP contribution in [0.3, 0.4) is 0 Å². The van der Waals surface area contributed by atoms with E-state index in [-0.39, 0.29) is 10.5 Å². The molecule has 2 heterocycles. The number of aryl methyl sites for hydroxylation is 2. The standard InChI is InChI=1S/C21H20FN3O2S/c1-15-13-18(9-10-19(15)22)28(26,27)24-17-8-11-21(23-14-17)25-12-4-6-16-5-2-3-7-20(16)25/h2-3,5,7-11,13-14,24H,4,6,12H2,1H3. The van der Waals surface area contributed by atoms with Crippen LogP contribution in [0.1, 0.15) is 17.5 Å². The molecule has 7 heteroatoms. The van der Waals surface area contributed by atoms with E-state index in [0.717, 1.165) is 37.0 Å². The Labute approximate surface area is 163 Å². The molecule has 1 aromatic heterocycles. The van der Waals surface area contributed by atoms with Crippen molar-refractivity contribution >= 4 is 27.2 Å². The zero-order valence-corrected chi connectivity index (χ0v) is 16.2. The topological polar surface area (TPSA) is 62.3 Å². The van der Waals surface area contributed by atoms with Gasteiger partial charge in [0.1, 0.15) is 11.6 Å². The summed E-state index contributed by atoms with van der Waals surface area (Å²) in [5, 5.41) is 0. The third kappa shape index (κ3) is 3.57. The van der Waals surface area contributed by atoms with Crippen LogP contribution in [-0.2, 0) is 16.4 Å². The molecule has 0 aliphatic carbocycles. The van der Waals surface area contributed by atoms with Crippen molar-refractivity contribution in [1.29, 1.82) is 0 Å². The van der Waals surface area contributed by atoms with Crippen molar-refractivity contribution in [3.63, 3.8) is 0 Å². The Bertz CT molecular complexity index is 1110. The summed E-state index contributed by atoms with van der Waals surface area (Å²) in [6.45, 7) is 2.39. The van der Waals surface area contributed by atoms with Crippen LogP contribution in [0.15, 0.2) is 65.7 Å². The highest BCUT2D eigenvalue weighted by Gasteiger charge is 2.19. The second-order valence-electron chi connectivity index (χ2n) is 6.81. The summed E-state index contributed by atoms with van der Waals surface area (Å²) >= 11 is 0. The minimum atomic E-state index is -3.81. The highest BCUT2D eigenvalue weighted by atomic mass is 32.2. The number of nitrogens with zero attached hydrogens (tertiary/aromatic N) is 2. The normalized spacial score (nSPS) is 13.9. The summed E-state index contributed by atoms with van der Waals surface area (Å²) in [6, 6.07) is 15.4. The van der Waals surface area contributed by atoms with Crippen LogP contribution in [0.2, 0.25) is 0 Å². The van der Waals surface area contributed by atoms with E-state index in [0.29, 0.717) is 5.69 Å². The summed E-state index contributed by atoms with van der Waals surface area (Å²) in [4.78, 5) is 6.60. The Morgan fingerprint density at radius 3 is 2.68 bits per heavy atom. The number of para-hydroxylation sites is 1. The maximum Gasteiger partial charge on any atom is 0.261 e. The highest BCUT2D eigenvalue weighted by molar-refractivity contribution is 7.92. The first-order valence-corrected chi connectivity index (χ1v) is 10.5. The van der Waals surface area contributed by atoms with E-state index in [2.05, 4.69) is 26.7 Å². The molecule has 0 saturated carbocycles. The smallest absolute Gasteiger partial charge is 0.261 e. The number of anilines is 3. The van der Waals surface area contributed by atoms with Crippen LogP contribution in [0.4, 0.5) is 21.6 Å². The van der Waals surface area contributed by atoms with Gasteiger partial charge in [-0.3, -0.25) is 4.72 Å². The molecular weight excluding hydrogens is 377 g/mol. The zero-order chi connectivity index (χ0) is 19.7. The van der Waals surface area contributed by atoms with Gasteiger partial charge in [0, 0.05) is 12.2 Å². The molecule has 0 atom stereocenters. The lowest BCUT2D eigenvalue weighted by Gasteiger charge is -2.30. The van der Waals surface area contributed by atoms with Crippen molar-refractivity contribution in [2.45, 2.75) is 24.7 Å². The Morgan fingerprint density at radius 1 is 1.11 bits per heavy atom. The molecule has 144 valence electrons. The number of benzene rings is 2. The van der Waals surface area contributed by atoms with Gasteiger partial charge in [0.25, 0.3) is 10.0 Å². The van der Waals surface area contributed by atoms with Crippen molar-refractivity contribution in [1.82, 2.24) is 4.98 Å². The van der Waals surface area contributed by atoms with E-state index in [1.54, 1.807) is 12.1 Å². The van der Waals surface area contributed by atoms with Gasteiger partial charge in [0.05, 0.1) is 16.8 Å². The number of sulfonamides is 1. The molecule has 5 nitrogen and oxygen atoms in total. The average molecular weight is 397 g/mol. The Kier molecular flexibility index (Phi) is 4.77. The molecule has 1 aliphatic rings. The van der Waals surface area contributed by atoms with Gasteiger partial charge < -0.3 is 4.90 Å². The Hall–Kier alpha value is -2.93. The number of halogens is 1. The predicted molar refractivity (Wildman–Crippen MR) is 108 cm³/mol. The van der Waals surface area contributed by atoms with Gasteiger partial charge in [0.2, 0.25) is 0 Å². The molecule has 0 radical (unpaired) electrons. The first-order chi connectivity index (χ1) is 13.4. The third-order valence-electron chi connectivity index (χ3n) is 4.83. The van der Waals surface area contributed by atoms with Crippen molar-refractivity contribution in [2.75, 3.05) is 16.2 Å². The minimum Gasteiger partial charge on any atom is -0.326 e. The van der Waals surface area contributed by atoms with E-state index in [1.807, 2.05) is 12.1 Å². The number of hydrogen-bond donors (Lipinski definition) is 1. The quantitative estimate of drug-likeness (QED) is 0.708. The second-order valence-corrected chi connectivity index (χ2v) is 8.49. The third-order valence-corrected chi connectivity index (χ3v) is 6.21. The fourth-order valence-corrected chi connectivity index (χ4v) is 4.50. The first kappa shape index (κ1) is 18.4. The van der Waals surface area contributed by atoms with Crippen LogP contribution >= 0.6 is 0 Å². The molecule has 28 heavy (non-hydrogen) atoms. The van der Waals surface area contributed by atoms with Crippen LogP contribution < -0.4 is 9.62 Å². The molecule has 0 unspecified atom stereocenters. The van der Waals surface area contributed by atoms with Crippen molar-refractivity contribution < 1.29 is 12.8 Å². The monoisotopic (exact) mass is 397 g/mol. The maximum atomic E-state index is 13.4. The molecule has 0 saturated heterocycles. The molecule has 0 spiro atoms. The van der Waals surface area contributed by atoms with Gasteiger partial charge in [-0.1, -0.05) is 18.2 Å². The van der Waals surface area contributed by atoms with Crippen LogP contribution in [0.25, 0.3) is 0 Å². The summed E-state index contributed by atoms with van der Waals surface area (Å²) in [7, 11) is -3.81. The molecule has 0 bridgehead atoms. The van der Waals surface area contributed by atoms with Gasteiger partial charge in [0.15, 0.2) is 0 Å². The summed E-state index contributed by atoms with van der Waals surface area (Å²) in [5.41, 5.74) is 3.06. The summed E-state index contributed by atoms with van der Waals surface area (Å²) in [6.07, 6.45) is 3.58. The van der Waals surface area contributed by atoms with Crippen LogP contribution in [0.5, 0.6) is 0 Å². The first-order valence-electron chi connectivity index (χ1n) is 9.04. The van der Waals surface area contributed by atoms with Gasteiger partial charge >= 0.3 is 0 Å². The largest absolute Gasteiger partial charge is 0.326 e. The van der Waals surface area contributed by atoms with Crippen LogP contribution in [-0.4, -0.2) is 19.9 Å². The number of aromatic nitrogens is 1. The zero-order valence-electron chi connectivity index (χ0n) is 15.4. The molecule has 1 aliphatic heterocycles. The Balaban J connectivity index is 1.56. The number of fused-ring (bicyclic) bond motifs is 1. The van der Waals surface area contributed by atoms with E-state index < -0.39 is 15.8 Å². The molecule has 4 rings (SSSR count). The number of rotatable bonds is 4. The van der Waals surface area contributed by atoms with Gasteiger partial charge in [-0.2, -0.15) is 0 Å². The summed E-state index contributed by atoms with van der Waals surface area (Å²) < 4.78 is 41.0. The molecule has 3 aromatic rings. The molecule has 0 amide bonds. The minimum absolute atomic E-state index is 0.0143. The highest BCUT2D eigenvalue weighted by Crippen LogP contribution is 2.32. The number of nitrogens with one attached hydrogen (secondary N) is 1. The number of hydrogen-bond acceptors (Lipinski definition) is 4. The molecular formula is C21H20FN3O2S. The molecule has 2 aromatic carbocycles. The fraction of sp³-hybridized carbons (Fsp3) is 0.190. The van der Waals surface area contributed by atoms with Crippen molar-refractivity contribution in [2.24, 2.45) is 0 Å². The van der Waals surface area contributed by atoms with E-state index in [1.165, 1.54) is 30.8 Å². The van der Waals surface area contributed by atoms with Crippen LogP contribution in [0, 0.1) is 12.7 Å². The SMILES string of the molecule is Cc1cc(S(=O)(=O)Nc2ccc(N3CCCc4ccccc43)nc2)ccc1F. The Morgan fingerprint density at radius 2 is 1.93 bits per heavy atom. The fourth-order valence-electron chi connectivity index (χ4n) is 3.38. The number of pyridine rings is 1. The molecule has 0 fully saturated rings. The average Bonchev–Trinajstić information content (AvgIpc) is 2.70.